The number of halogens is 2. The fourth-order valence-corrected chi connectivity index (χ4v) is 2.23. The molecule has 0 aliphatic carbocycles. The molecule has 0 aromatic carbocycles. The molecule has 120 valence electrons. The molecular formula is C14H19F2N5O. The number of nitrogens with one attached hydrogen (secondary N) is 1. The van der Waals surface area contributed by atoms with Gasteiger partial charge in [-0.15, -0.1) is 0 Å². The summed E-state index contributed by atoms with van der Waals surface area (Å²) in [5.74, 6) is -0.367. The lowest BCUT2D eigenvalue weighted by molar-refractivity contribution is -0.122. The van der Waals surface area contributed by atoms with Crippen molar-refractivity contribution in [2.45, 2.75) is 46.8 Å². The molecule has 0 spiro atoms. The third-order valence-electron chi connectivity index (χ3n) is 3.43. The van der Waals surface area contributed by atoms with Gasteiger partial charge in [-0.1, -0.05) is 0 Å². The molecule has 22 heavy (non-hydrogen) atoms. The van der Waals surface area contributed by atoms with Gasteiger partial charge in [0.2, 0.25) is 5.91 Å². The van der Waals surface area contributed by atoms with E-state index in [-0.39, 0.29) is 18.1 Å². The molecule has 0 bridgehead atoms. The first-order valence-electron chi connectivity index (χ1n) is 7.02. The van der Waals surface area contributed by atoms with E-state index in [0.717, 1.165) is 22.5 Å². The van der Waals surface area contributed by atoms with Gasteiger partial charge in [-0.05, 0) is 26.8 Å². The Labute approximate surface area is 127 Å². The van der Waals surface area contributed by atoms with E-state index in [1.54, 1.807) is 13.1 Å². The summed E-state index contributed by atoms with van der Waals surface area (Å²) in [6, 6.07) is 1.29. The molecule has 2 aromatic rings. The first-order valence-corrected chi connectivity index (χ1v) is 7.02. The number of amides is 1. The molecule has 2 rings (SSSR count). The fourth-order valence-electron chi connectivity index (χ4n) is 2.23. The van der Waals surface area contributed by atoms with E-state index in [0.29, 0.717) is 12.2 Å². The Kier molecular flexibility index (Phi) is 4.89. The predicted molar refractivity (Wildman–Crippen MR) is 76.4 cm³/mol. The van der Waals surface area contributed by atoms with E-state index in [1.807, 2.05) is 18.5 Å². The second kappa shape index (κ2) is 6.67. The highest BCUT2D eigenvalue weighted by atomic mass is 19.3. The summed E-state index contributed by atoms with van der Waals surface area (Å²) in [6.07, 6.45) is -0.957. The largest absolute Gasteiger partial charge is 0.350 e. The first kappa shape index (κ1) is 16.1. The van der Waals surface area contributed by atoms with E-state index < -0.39 is 6.43 Å². The van der Waals surface area contributed by atoms with Crippen molar-refractivity contribution in [2.24, 2.45) is 0 Å². The van der Waals surface area contributed by atoms with Crippen LogP contribution in [0.4, 0.5) is 8.78 Å². The predicted octanol–water partition coefficient (Wildman–Crippen LogP) is 1.97. The minimum Gasteiger partial charge on any atom is -0.350 e. The Morgan fingerprint density at radius 2 is 2.09 bits per heavy atom. The maximum atomic E-state index is 12.8. The minimum absolute atomic E-state index is 0.228. The third-order valence-corrected chi connectivity index (χ3v) is 3.43. The third kappa shape index (κ3) is 3.49. The molecule has 0 atom stereocenters. The highest BCUT2D eigenvalue weighted by Crippen LogP contribution is 2.19. The second-order valence-electron chi connectivity index (χ2n) is 5.02. The number of aromatic nitrogens is 4. The van der Waals surface area contributed by atoms with Gasteiger partial charge < -0.3 is 5.32 Å². The van der Waals surface area contributed by atoms with Crippen LogP contribution < -0.4 is 5.32 Å². The topological polar surface area (TPSA) is 64.7 Å². The van der Waals surface area contributed by atoms with Crippen molar-refractivity contribution in [1.29, 1.82) is 0 Å². The van der Waals surface area contributed by atoms with Gasteiger partial charge in [0, 0.05) is 24.3 Å². The molecule has 0 aliphatic heterocycles. The minimum atomic E-state index is -2.65. The molecule has 0 aliphatic rings. The molecule has 0 saturated heterocycles. The standard InChI is InChI=1S/C14H19F2N5O/c1-4-20-10(3)11(7-18-20)6-17-13(22)8-21-12(14(15)16)5-9(2)19-21/h5,7,14H,4,6,8H2,1-3H3,(H,17,22). The Hall–Kier alpha value is -2.25. The van der Waals surface area contributed by atoms with Crippen LogP contribution in [0, 0.1) is 13.8 Å². The number of nitrogens with zero attached hydrogens (tertiary/aromatic N) is 4. The zero-order chi connectivity index (χ0) is 16.3. The van der Waals surface area contributed by atoms with Crippen molar-refractivity contribution in [3.8, 4) is 0 Å². The maximum Gasteiger partial charge on any atom is 0.280 e. The molecule has 1 amide bonds. The van der Waals surface area contributed by atoms with E-state index in [9.17, 15) is 13.6 Å². The molecule has 0 saturated carbocycles. The number of hydrogen-bond acceptors (Lipinski definition) is 3. The fraction of sp³-hybridized carbons (Fsp3) is 0.500. The SMILES string of the molecule is CCn1ncc(CNC(=O)Cn2nc(C)cc2C(F)F)c1C. The molecule has 1 N–H and O–H groups in total. The lowest BCUT2D eigenvalue weighted by Crippen LogP contribution is -2.28. The summed E-state index contributed by atoms with van der Waals surface area (Å²) in [6.45, 7) is 6.36. The van der Waals surface area contributed by atoms with Crippen molar-refractivity contribution in [3.05, 3.63) is 34.9 Å². The van der Waals surface area contributed by atoms with E-state index >= 15 is 0 Å². The van der Waals surface area contributed by atoms with E-state index in [1.165, 1.54) is 6.07 Å². The number of hydrogen-bond donors (Lipinski definition) is 1. The highest BCUT2D eigenvalue weighted by molar-refractivity contribution is 5.75. The van der Waals surface area contributed by atoms with Crippen LogP contribution in [-0.4, -0.2) is 25.5 Å². The summed E-state index contributed by atoms with van der Waals surface area (Å²) in [7, 11) is 0. The Morgan fingerprint density at radius 1 is 1.36 bits per heavy atom. The maximum absolute atomic E-state index is 12.8. The molecule has 8 heteroatoms. The van der Waals surface area contributed by atoms with Crippen molar-refractivity contribution in [3.63, 3.8) is 0 Å². The van der Waals surface area contributed by atoms with Crippen LogP contribution in [0.2, 0.25) is 0 Å². The number of carbonyl (C=O) groups excluding carboxylic acids is 1. The summed E-state index contributed by atoms with van der Waals surface area (Å²) >= 11 is 0. The summed E-state index contributed by atoms with van der Waals surface area (Å²) in [5.41, 5.74) is 2.10. The molecule has 0 fully saturated rings. The van der Waals surface area contributed by atoms with Gasteiger partial charge in [0.25, 0.3) is 6.43 Å². The van der Waals surface area contributed by atoms with Gasteiger partial charge in [0.1, 0.15) is 12.2 Å². The zero-order valence-corrected chi connectivity index (χ0v) is 12.8. The van der Waals surface area contributed by atoms with Crippen molar-refractivity contribution in [1.82, 2.24) is 24.9 Å². The van der Waals surface area contributed by atoms with Crippen LogP contribution in [0.3, 0.4) is 0 Å². The second-order valence-corrected chi connectivity index (χ2v) is 5.02. The lowest BCUT2D eigenvalue weighted by atomic mass is 10.2. The van der Waals surface area contributed by atoms with Crippen LogP contribution in [0.1, 0.15) is 36.0 Å². The molecule has 2 heterocycles. The van der Waals surface area contributed by atoms with Gasteiger partial charge in [-0.25, -0.2) is 8.78 Å². The molecular weight excluding hydrogens is 292 g/mol. The molecule has 0 radical (unpaired) electrons. The van der Waals surface area contributed by atoms with Crippen LogP contribution in [0.25, 0.3) is 0 Å². The van der Waals surface area contributed by atoms with Crippen molar-refractivity contribution >= 4 is 5.91 Å². The van der Waals surface area contributed by atoms with Crippen molar-refractivity contribution < 1.29 is 13.6 Å². The Morgan fingerprint density at radius 3 is 2.68 bits per heavy atom. The smallest absolute Gasteiger partial charge is 0.280 e. The zero-order valence-electron chi connectivity index (χ0n) is 12.8. The lowest BCUT2D eigenvalue weighted by Gasteiger charge is -2.08. The molecule has 0 unspecified atom stereocenters. The van der Waals surface area contributed by atoms with Crippen molar-refractivity contribution in [2.75, 3.05) is 0 Å². The molecule has 6 nitrogen and oxygen atoms in total. The number of aryl methyl sites for hydroxylation is 2. The summed E-state index contributed by atoms with van der Waals surface area (Å²) in [4.78, 5) is 11.9. The average molecular weight is 311 g/mol. The molecule has 2 aromatic heterocycles. The number of rotatable bonds is 6. The van der Waals surface area contributed by atoms with Crippen LogP contribution >= 0.6 is 0 Å². The highest BCUT2D eigenvalue weighted by Gasteiger charge is 2.17. The normalized spacial score (nSPS) is 11.2. The van der Waals surface area contributed by atoms with Gasteiger partial charge in [0.15, 0.2) is 0 Å². The van der Waals surface area contributed by atoms with Gasteiger partial charge in [0.05, 0.1) is 11.9 Å². The summed E-state index contributed by atoms with van der Waals surface area (Å²) < 4.78 is 28.5. The first-order chi connectivity index (χ1) is 10.4. The van der Waals surface area contributed by atoms with Gasteiger partial charge in [-0.2, -0.15) is 10.2 Å². The van der Waals surface area contributed by atoms with Crippen LogP contribution in [0.5, 0.6) is 0 Å². The van der Waals surface area contributed by atoms with E-state index in [4.69, 9.17) is 0 Å². The quantitative estimate of drug-likeness (QED) is 0.887. The number of carbonyl (C=O) groups is 1. The average Bonchev–Trinajstić information content (AvgIpc) is 2.99. The monoisotopic (exact) mass is 311 g/mol. The van der Waals surface area contributed by atoms with Gasteiger partial charge >= 0.3 is 0 Å². The van der Waals surface area contributed by atoms with E-state index in [2.05, 4.69) is 15.5 Å². The van der Waals surface area contributed by atoms with Crippen LogP contribution in [0.15, 0.2) is 12.3 Å². The summed E-state index contributed by atoms with van der Waals surface area (Å²) in [5, 5.41) is 10.8. The number of alkyl halides is 2. The van der Waals surface area contributed by atoms with Crippen LogP contribution in [-0.2, 0) is 24.4 Å². The Bertz CT molecular complexity index is 662. The Balaban J connectivity index is 1.97. The van der Waals surface area contributed by atoms with Gasteiger partial charge in [-0.3, -0.25) is 14.2 Å².